The van der Waals surface area contributed by atoms with Crippen LogP contribution in [0.5, 0.6) is 0 Å². The summed E-state index contributed by atoms with van der Waals surface area (Å²) in [5.41, 5.74) is 0.282. The van der Waals surface area contributed by atoms with Gasteiger partial charge in [0, 0.05) is 57.7 Å². The first-order valence-corrected chi connectivity index (χ1v) is 8.72. The van der Waals surface area contributed by atoms with Gasteiger partial charge in [-0.3, -0.25) is 14.6 Å². The second-order valence-electron chi connectivity index (χ2n) is 6.01. The molecule has 0 radical (unpaired) electrons. The zero-order chi connectivity index (χ0) is 18.2. The molecule has 8 nitrogen and oxygen atoms in total. The Bertz CT molecular complexity index is 717. The van der Waals surface area contributed by atoms with Crippen LogP contribution in [0.3, 0.4) is 0 Å². The van der Waals surface area contributed by atoms with E-state index < -0.39 is 0 Å². The molecule has 0 unspecified atom stereocenters. The molecule has 3 rings (SSSR count). The van der Waals surface area contributed by atoms with Gasteiger partial charge in [0.25, 0.3) is 5.91 Å². The SMILES string of the molecule is O=C(NCCCC(=O)N1CCN(c2ccccn2)CC1)c1cnccn1. The van der Waals surface area contributed by atoms with Crippen LogP contribution in [0, 0.1) is 0 Å². The molecule has 26 heavy (non-hydrogen) atoms. The van der Waals surface area contributed by atoms with Gasteiger partial charge in [-0.25, -0.2) is 9.97 Å². The molecule has 136 valence electrons. The zero-order valence-electron chi connectivity index (χ0n) is 14.5. The average Bonchev–Trinajstić information content (AvgIpc) is 2.72. The lowest BCUT2D eigenvalue weighted by Gasteiger charge is -2.35. The van der Waals surface area contributed by atoms with Crippen molar-refractivity contribution < 1.29 is 9.59 Å². The third kappa shape index (κ3) is 4.75. The third-order valence-electron chi connectivity index (χ3n) is 4.25. The molecule has 0 bridgehead atoms. The number of rotatable bonds is 6. The highest BCUT2D eigenvalue weighted by atomic mass is 16.2. The summed E-state index contributed by atoms with van der Waals surface area (Å²) in [6, 6.07) is 5.85. The second kappa shape index (κ2) is 8.89. The van der Waals surface area contributed by atoms with Gasteiger partial charge in [-0.1, -0.05) is 6.07 Å². The van der Waals surface area contributed by atoms with E-state index in [1.54, 1.807) is 6.20 Å². The van der Waals surface area contributed by atoms with E-state index in [0.717, 1.165) is 18.9 Å². The van der Waals surface area contributed by atoms with E-state index in [1.807, 2.05) is 23.1 Å². The van der Waals surface area contributed by atoms with Crippen LogP contribution in [0.1, 0.15) is 23.3 Å². The number of aromatic nitrogens is 3. The molecule has 0 aliphatic carbocycles. The molecule has 1 saturated heterocycles. The summed E-state index contributed by atoms with van der Waals surface area (Å²) >= 11 is 0. The summed E-state index contributed by atoms with van der Waals surface area (Å²) in [6.45, 7) is 3.40. The Morgan fingerprint density at radius 1 is 1.04 bits per heavy atom. The summed E-state index contributed by atoms with van der Waals surface area (Å²) in [5, 5.41) is 2.76. The number of anilines is 1. The van der Waals surface area contributed by atoms with E-state index in [2.05, 4.69) is 25.2 Å². The third-order valence-corrected chi connectivity index (χ3v) is 4.25. The highest BCUT2D eigenvalue weighted by molar-refractivity contribution is 5.91. The lowest BCUT2D eigenvalue weighted by atomic mass is 10.2. The van der Waals surface area contributed by atoms with Gasteiger partial charge in [0.05, 0.1) is 6.20 Å². The average molecular weight is 354 g/mol. The quantitative estimate of drug-likeness (QED) is 0.769. The number of hydrogen-bond acceptors (Lipinski definition) is 6. The molecule has 0 saturated carbocycles. The van der Waals surface area contributed by atoms with Gasteiger partial charge in [0.15, 0.2) is 0 Å². The molecule has 2 aromatic rings. The molecule has 0 spiro atoms. The summed E-state index contributed by atoms with van der Waals surface area (Å²) in [7, 11) is 0. The summed E-state index contributed by atoms with van der Waals surface area (Å²) in [4.78, 5) is 40.4. The van der Waals surface area contributed by atoms with E-state index in [0.29, 0.717) is 32.5 Å². The lowest BCUT2D eigenvalue weighted by Crippen LogP contribution is -2.49. The van der Waals surface area contributed by atoms with Crippen molar-refractivity contribution in [3.8, 4) is 0 Å². The van der Waals surface area contributed by atoms with E-state index >= 15 is 0 Å². The van der Waals surface area contributed by atoms with Gasteiger partial charge in [0.1, 0.15) is 11.5 Å². The maximum atomic E-state index is 12.3. The van der Waals surface area contributed by atoms with Crippen LogP contribution >= 0.6 is 0 Å². The number of nitrogens with zero attached hydrogens (tertiary/aromatic N) is 5. The van der Waals surface area contributed by atoms with E-state index in [9.17, 15) is 9.59 Å². The van der Waals surface area contributed by atoms with Crippen molar-refractivity contribution >= 4 is 17.6 Å². The Morgan fingerprint density at radius 2 is 1.88 bits per heavy atom. The number of piperazine rings is 1. The number of carbonyl (C=O) groups excluding carboxylic acids is 2. The van der Waals surface area contributed by atoms with Crippen LogP contribution in [0.15, 0.2) is 43.0 Å². The molecular weight excluding hydrogens is 332 g/mol. The highest BCUT2D eigenvalue weighted by Gasteiger charge is 2.21. The summed E-state index contributed by atoms with van der Waals surface area (Å²) < 4.78 is 0. The van der Waals surface area contributed by atoms with Gasteiger partial charge in [-0.2, -0.15) is 0 Å². The second-order valence-corrected chi connectivity index (χ2v) is 6.01. The van der Waals surface area contributed by atoms with E-state index in [1.165, 1.54) is 18.6 Å². The molecule has 1 N–H and O–H groups in total. The Labute approximate surface area is 152 Å². The van der Waals surface area contributed by atoms with Crippen LogP contribution < -0.4 is 10.2 Å². The van der Waals surface area contributed by atoms with Gasteiger partial charge in [0.2, 0.25) is 5.91 Å². The molecule has 8 heteroatoms. The monoisotopic (exact) mass is 354 g/mol. The van der Waals surface area contributed by atoms with Crippen LogP contribution in [0.2, 0.25) is 0 Å². The highest BCUT2D eigenvalue weighted by Crippen LogP contribution is 2.13. The fraction of sp³-hybridized carbons (Fsp3) is 0.389. The van der Waals surface area contributed by atoms with Crippen molar-refractivity contribution in [2.45, 2.75) is 12.8 Å². The maximum absolute atomic E-state index is 12.3. The van der Waals surface area contributed by atoms with Crippen molar-refractivity contribution in [3.05, 3.63) is 48.7 Å². The van der Waals surface area contributed by atoms with Crippen LogP contribution in [0.25, 0.3) is 0 Å². The lowest BCUT2D eigenvalue weighted by molar-refractivity contribution is -0.131. The Kier molecular flexibility index (Phi) is 6.08. The van der Waals surface area contributed by atoms with Crippen molar-refractivity contribution in [3.63, 3.8) is 0 Å². The molecular formula is C18H22N6O2. The topological polar surface area (TPSA) is 91.3 Å². The van der Waals surface area contributed by atoms with Crippen LogP contribution in [0.4, 0.5) is 5.82 Å². The van der Waals surface area contributed by atoms with Crippen LogP contribution in [-0.2, 0) is 4.79 Å². The minimum absolute atomic E-state index is 0.124. The van der Waals surface area contributed by atoms with Crippen molar-refractivity contribution in [2.24, 2.45) is 0 Å². The largest absolute Gasteiger partial charge is 0.353 e. The summed E-state index contributed by atoms with van der Waals surface area (Å²) in [6.07, 6.45) is 7.21. The minimum atomic E-state index is -0.269. The minimum Gasteiger partial charge on any atom is -0.353 e. The zero-order valence-corrected chi connectivity index (χ0v) is 14.5. The maximum Gasteiger partial charge on any atom is 0.271 e. The van der Waals surface area contributed by atoms with Crippen molar-refractivity contribution in [1.82, 2.24) is 25.2 Å². The number of nitrogens with one attached hydrogen (secondary N) is 1. The molecule has 0 atom stereocenters. The predicted octanol–water partition coefficient (Wildman–Crippen LogP) is 0.730. The fourth-order valence-electron chi connectivity index (χ4n) is 2.83. The first-order valence-electron chi connectivity index (χ1n) is 8.72. The van der Waals surface area contributed by atoms with Crippen molar-refractivity contribution in [2.75, 3.05) is 37.6 Å². The first-order chi connectivity index (χ1) is 12.7. The molecule has 0 aromatic carbocycles. The molecule has 3 heterocycles. The van der Waals surface area contributed by atoms with Gasteiger partial charge in [-0.05, 0) is 18.6 Å². The molecule has 1 aliphatic rings. The Balaban J connectivity index is 1.35. The molecule has 1 fully saturated rings. The standard InChI is InChI=1S/C18H22N6O2/c25-17(5-3-7-22-18(26)15-14-19-8-9-20-15)24-12-10-23(11-13-24)16-4-1-2-6-21-16/h1-2,4,6,8-9,14H,3,5,7,10-13H2,(H,22,26). The normalized spacial score (nSPS) is 14.2. The first kappa shape index (κ1) is 17.8. The summed E-state index contributed by atoms with van der Waals surface area (Å²) in [5.74, 6) is 0.806. The van der Waals surface area contributed by atoms with E-state index in [4.69, 9.17) is 0 Å². The number of pyridine rings is 1. The molecule has 2 amide bonds. The van der Waals surface area contributed by atoms with Gasteiger partial charge >= 0.3 is 0 Å². The van der Waals surface area contributed by atoms with Gasteiger partial charge in [-0.15, -0.1) is 0 Å². The molecule has 1 aliphatic heterocycles. The smallest absolute Gasteiger partial charge is 0.271 e. The number of hydrogen-bond donors (Lipinski definition) is 1. The Hall–Kier alpha value is -3.03. The number of carbonyl (C=O) groups is 2. The molecule has 2 aromatic heterocycles. The fourth-order valence-corrected chi connectivity index (χ4v) is 2.83. The Morgan fingerprint density at radius 3 is 2.58 bits per heavy atom. The van der Waals surface area contributed by atoms with Crippen molar-refractivity contribution in [1.29, 1.82) is 0 Å². The van der Waals surface area contributed by atoms with E-state index in [-0.39, 0.29) is 17.5 Å². The predicted molar refractivity (Wildman–Crippen MR) is 96.6 cm³/mol. The van der Waals surface area contributed by atoms with Gasteiger partial charge < -0.3 is 15.1 Å². The number of amides is 2. The van der Waals surface area contributed by atoms with Crippen LogP contribution in [-0.4, -0.2) is 64.4 Å².